The van der Waals surface area contributed by atoms with Gasteiger partial charge in [-0.15, -0.1) is 0 Å². The SMILES string of the molecule is Cc1c(C(=O)NC(C)C(=O)O)cnn1CCC(C)C. The van der Waals surface area contributed by atoms with Gasteiger partial charge in [0.15, 0.2) is 0 Å². The Balaban J connectivity index is 2.74. The minimum Gasteiger partial charge on any atom is -0.480 e. The zero-order valence-corrected chi connectivity index (χ0v) is 11.8. The van der Waals surface area contributed by atoms with Crippen molar-refractivity contribution in [1.29, 1.82) is 0 Å². The third kappa shape index (κ3) is 4.08. The summed E-state index contributed by atoms with van der Waals surface area (Å²) in [5.74, 6) is -0.894. The van der Waals surface area contributed by atoms with E-state index in [1.54, 1.807) is 4.68 Å². The molecule has 1 aromatic rings. The lowest BCUT2D eigenvalue weighted by molar-refractivity contribution is -0.138. The molecule has 0 saturated carbocycles. The number of aromatic nitrogens is 2. The van der Waals surface area contributed by atoms with Crippen molar-refractivity contribution in [2.45, 2.75) is 46.7 Å². The van der Waals surface area contributed by atoms with Gasteiger partial charge in [0.25, 0.3) is 5.91 Å². The molecule has 0 aliphatic rings. The molecule has 0 saturated heterocycles. The summed E-state index contributed by atoms with van der Waals surface area (Å²) in [6.07, 6.45) is 2.47. The fraction of sp³-hybridized carbons (Fsp3) is 0.615. The number of rotatable bonds is 6. The second-order valence-corrected chi connectivity index (χ2v) is 5.08. The molecular weight excluding hydrogens is 246 g/mol. The number of aliphatic carboxylic acids is 1. The van der Waals surface area contributed by atoms with Crippen LogP contribution in [0.4, 0.5) is 0 Å². The predicted molar refractivity (Wildman–Crippen MR) is 71.0 cm³/mol. The first-order valence-corrected chi connectivity index (χ1v) is 6.39. The molecule has 1 unspecified atom stereocenters. The second kappa shape index (κ2) is 6.36. The van der Waals surface area contributed by atoms with Gasteiger partial charge in [0.05, 0.1) is 11.8 Å². The monoisotopic (exact) mass is 267 g/mol. The van der Waals surface area contributed by atoms with Gasteiger partial charge in [-0.25, -0.2) is 0 Å². The smallest absolute Gasteiger partial charge is 0.325 e. The minimum atomic E-state index is -1.06. The highest BCUT2D eigenvalue weighted by Gasteiger charge is 2.19. The van der Waals surface area contributed by atoms with E-state index in [9.17, 15) is 9.59 Å². The first-order chi connectivity index (χ1) is 8.82. The molecule has 2 N–H and O–H groups in total. The van der Waals surface area contributed by atoms with Gasteiger partial charge in [-0.3, -0.25) is 14.3 Å². The zero-order valence-electron chi connectivity index (χ0n) is 11.8. The van der Waals surface area contributed by atoms with Crippen molar-refractivity contribution in [3.63, 3.8) is 0 Å². The number of hydrogen-bond donors (Lipinski definition) is 2. The molecule has 6 heteroatoms. The molecule has 0 aromatic carbocycles. The van der Waals surface area contributed by atoms with E-state index in [4.69, 9.17) is 5.11 Å². The third-order valence-electron chi connectivity index (χ3n) is 2.98. The molecule has 0 aliphatic heterocycles. The number of carboxylic acid groups (broad SMARTS) is 1. The van der Waals surface area contributed by atoms with Crippen molar-refractivity contribution in [3.05, 3.63) is 17.5 Å². The van der Waals surface area contributed by atoms with Crippen LogP contribution in [0.1, 0.15) is 43.2 Å². The van der Waals surface area contributed by atoms with Gasteiger partial charge in [0.2, 0.25) is 0 Å². The maximum atomic E-state index is 11.9. The van der Waals surface area contributed by atoms with Gasteiger partial charge in [-0.2, -0.15) is 5.10 Å². The Morgan fingerprint density at radius 3 is 2.58 bits per heavy atom. The first kappa shape index (κ1) is 15.2. The standard InChI is InChI=1S/C13H21N3O3/c1-8(2)5-6-16-10(4)11(7-14-16)12(17)15-9(3)13(18)19/h7-9H,5-6H2,1-4H3,(H,15,17)(H,18,19). The maximum Gasteiger partial charge on any atom is 0.325 e. The molecule has 0 bridgehead atoms. The summed E-state index contributed by atoms with van der Waals surface area (Å²) in [5.41, 5.74) is 1.19. The number of carbonyl (C=O) groups is 2. The van der Waals surface area contributed by atoms with Crippen LogP contribution in [0.5, 0.6) is 0 Å². The van der Waals surface area contributed by atoms with Gasteiger partial charge in [0.1, 0.15) is 6.04 Å². The van der Waals surface area contributed by atoms with Crippen LogP contribution < -0.4 is 5.32 Å². The Bertz CT molecular complexity index is 466. The lowest BCUT2D eigenvalue weighted by Crippen LogP contribution is -2.38. The summed E-state index contributed by atoms with van der Waals surface area (Å²) in [5, 5.41) is 15.4. The summed E-state index contributed by atoms with van der Waals surface area (Å²) in [6, 6.07) is -0.911. The number of amides is 1. The molecule has 0 radical (unpaired) electrons. The van der Waals surface area contributed by atoms with Crippen molar-refractivity contribution in [1.82, 2.24) is 15.1 Å². The summed E-state index contributed by atoms with van der Waals surface area (Å²) >= 11 is 0. The average Bonchev–Trinajstić information content (AvgIpc) is 2.67. The van der Waals surface area contributed by atoms with E-state index in [1.807, 2.05) is 6.92 Å². The van der Waals surface area contributed by atoms with Gasteiger partial charge >= 0.3 is 5.97 Å². The van der Waals surface area contributed by atoms with Gasteiger partial charge in [-0.1, -0.05) is 13.8 Å². The Labute approximate surface area is 112 Å². The van der Waals surface area contributed by atoms with E-state index in [1.165, 1.54) is 13.1 Å². The predicted octanol–water partition coefficient (Wildman–Crippen LogP) is 1.44. The van der Waals surface area contributed by atoms with E-state index >= 15 is 0 Å². The Kier molecular flexibility index (Phi) is 5.09. The molecule has 6 nitrogen and oxygen atoms in total. The highest BCUT2D eigenvalue weighted by atomic mass is 16.4. The number of nitrogens with one attached hydrogen (secondary N) is 1. The van der Waals surface area contributed by atoms with Crippen LogP contribution in [0.3, 0.4) is 0 Å². The summed E-state index contributed by atoms with van der Waals surface area (Å²) < 4.78 is 1.78. The molecule has 106 valence electrons. The van der Waals surface area contributed by atoms with Crippen LogP contribution in [0, 0.1) is 12.8 Å². The molecule has 0 fully saturated rings. The van der Waals surface area contributed by atoms with Crippen molar-refractivity contribution in [2.75, 3.05) is 0 Å². The molecule has 19 heavy (non-hydrogen) atoms. The van der Waals surface area contributed by atoms with Crippen LogP contribution in [0.25, 0.3) is 0 Å². The highest BCUT2D eigenvalue weighted by Crippen LogP contribution is 2.10. The van der Waals surface area contributed by atoms with Crippen LogP contribution in [0.15, 0.2) is 6.20 Å². The summed E-state index contributed by atoms with van der Waals surface area (Å²) in [7, 11) is 0. The van der Waals surface area contributed by atoms with Crippen molar-refractivity contribution in [2.24, 2.45) is 5.92 Å². The normalized spacial score (nSPS) is 12.5. The van der Waals surface area contributed by atoms with Gasteiger partial charge < -0.3 is 10.4 Å². The van der Waals surface area contributed by atoms with E-state index in [0.29, 0.717) is 11.5 Å². The Morgan fingerprint density at radius 2 is 2.05 bits per heavy atom. The number of carbonyl (C=O) groups excluding carboxylic acids is 1. The average molecular weight is 267 g/mol. The molecule has 1 amide bonds. The minimum absolute atomic E-state index is 0.400. The number of nitrogens with zero attached hydrogens (tertiary/aromatic N) is 2. The fourth-order valence-corrected chi connectivity index (χ4v) is 1.61. The van der Waals surface area contributed by atoms with Crippen LogP contribution in [0.2, 0.25) is 0 Å². The Hall–Kier alpha value is -1.85. The molecule has 0 aliphatic carbocycles. The topological polar surface area (TPSA) is 84.2 Å². The molecule has 1 heterocycles. The molecular formula is C13H21N3O3. The largest absolute Gasteiger partial charge is 0.480 e. The summed E-state index contributed by atoms with van der Waals surface area (Å²) in [4.78, 5) is 22.6. The summed E-state index contributed by atoms with van der Waals surface area (Å²) in [6.45, 7) is 8.25. The van der Waals surface area contributed by atoms with Crippen LogP contribution in [-0.4, -0.2) is 32.8 Å². The zero-order chi connectivity index (χ0) is 14.6. The lowest BCUT2D eigenvalue weighted by atomic mass is 10.1. The van der Waals surface area contributed by atoms with Gasteiger partial charge in [-0.05, 0) is 26.2 Å². The Morgan fingerprint density at radius 1 is 1.42 bits per heavy atom. The second-order valence-electron chi connectivity index (χ2n) is 5.08. The quantitative estimate of drug-likeness (QED) is 0.816. The molecule has 1 rings (SSSR count). The lowest BCUT2D eigenvalue weighted by Gasteiger charge is -2.10. The number of hydrogen-bond acceptors (Lipinski definition) is 3. The fourth-order valence-electron chi connectivity index (χ4n) is 1.61. The molecule has 1 aromatic heterocycles. The van der Waals surface area contributed by atoms with E-state index in [-0.39, 0.29) is 0 Å². The van der Waals surface area contributed by atoms with Crippen molar-refractivity contribution in [3.8, 4) is 0 Å². The van der Waals surface area contributed by atoms with E-state index in [0.717, 1.165) is 18.7 Å². The number of aryl methyl sites for hydroxylation is 1. The van der Waals surface area contributed by atoms with E-state index in [2.05, 4.69) is 24.3 Å². The van der Waals surface area contributed by atoms with Gasteiger partial charge in [0, 0.05) is 12.2 Å². The van der Waals surface area contributed by atoms with Crippen molar-refractivity contribution >= 4 is 11.9 Å². The molecule has 1 atom stereocenters. The highest BCUT2D eigenvalue weighted by molar-refractivity contribution is 5.97. The first-order valence-electron chi connectivity index (χ1n) is 6.39. The van der Waals surface area contributed by atoms with Crippen LogP contribution >= 0.6 is 0 Å². The maximum absolute atomic E-state index is 11.9. The van der Waals surface area contributed by atoms with E-state index < -0.39 is 17.9 Å². The molecule has 0 spiro atoms. The third-order valence-corrected chi connectivity index (χ3v) is 2.98. The van der Waals surface area contributed by atoms with Crippen LogP contribution in [-0.2, 0) is 11.3 Å². The van der Waals surface area contributed by atoms with Crippen molar-refractivity contribution < 1.29 is 14.7 Å². The number of carboxylic acids is 1.